The van der Waals surface area contributed by atoms with E-state index in [1.165, 1.54) is 26.9 Å². The quantitative estimate of drug-likeness (QED) is 0.371. The third kappa shape index (κ3) is 2.14. The van der Waals surface area contributed by atoms with E-state index < -0.39 is 0 Å². The molecule has 3 heteroatoms. The summed E-state index contributed by atoms with van der Waals surface area (Å²) in [6, 6.07) is 21.3. The number of nitrogens with zero attached hydrogens (tertiary/aromatic N) is 3. The maximum Gasteiger partial charge on any atom is 0.0674 e. The van der Waals surface area contributed by atoms with Crippen molar-refractivity contribution in [2.75, 3.05) is 0 Å². The van der Waals surface area contributed by atoms with Crippen LogP contribution in [0.25, 0.3) is 43.4 Å². The van der Waals surface area contributed by atoms with Gasteiger partial charge in [0, 0.05) is 36.4 Å². The largest absolute Gasteiger partial charge is 0.342 e. The van der Waals surface area contributed by atoms with Gasteiger partial charge in [-0.2, -0.15) is 0 Å². The molecule has 0 unspecified atom stereocenters. The molecule has 0 aliphatic carbocycles. The van der Waals surface area contributed by atoms with Gasteiger partial charge in [-0.15, -0.1) is 0 Å². The molecule has 2 aromatic carbocycles. The Labute approximate surface area is 150 Å². The van der Waals surface area contributed by atoms with Gasteiger partial charge in [-0.05, 0) is 33.7 Å². The number of aromatic nitrogens is 3. The van der Waals surface area contributed by atoms with Crippen molar-refractivity contribution in [1.29, 1.82) is 0 Å². The lowest BCUT2D eigenvalue weighted by Crippen LogP contribution is -1.93. The molecular weight excluding hydrogens is 318 g/mol. The zero-order valence-electron chi connectivity index (χ0n) is 14.4. The third-order valence-corrected chi connectivity index (χ3v) is 5.05. The molecule has 3 heterocycles. The minimum atomic E-state index is 1.08. The van der Waals surface area contributed by atoms with Crippen LogP contribution in [0.2, 0.25) is 0 Å². The van der Waals surface area contributed by atoms with Crippen molar-refractivity contribution in [1.82, 2.24) is 14.5 Å². The van der Waals surface area contributed by atoms with Crippen LogP contribution in [0.5, 0.6) is 0 Å². The summed E-state index contributed by atoms with van der Waals surface area (Å²) >= 11 is 0. The van der Waals surface area contributed by atoms with Crippen molar-refractivity contribution < 1.29 is 0 Å². The first-order chi connectivity index (χ1) is 12.8. The molecule has 0 aliphatic rings. The van der Waals surface area contributed by atoms with Gasteiger partial charge in [-0.25, -0.2) is 0 Å². The van der Waals surface area contributed by atoms with E-state index in [1.807, 2.05) is 24.8 Å². The van der Waals surface area contributed by atoms with E-state index in [1.54, 1.807) is 0 Å². The molecule has 0 aliphatic heterocycles. The van der Waals surface area contributed by atoms with Gasteiger partial charge in [0.05, 0.1) is 17.2 Å². The number of hydrogen-bond acceptors (Lipinski definition) is 2. The maximum absolute atomic E-state index is 4.40. The minimum absolute atomic E-state index is 1.08. The van der Waals surface area contributed by atoms with Gasteiger partial charge in [-0.3, -0.25) is 9.97 Å². The summed E-state index contributed by atoms with van der Waals surface area (Å²) in [4.78, 5) is 8.79. The van der Waals surface area contributed by atoms with E-state index in [0.717, 1.165) is 16.4 Å². The van der Waals surface area contributed by atoms with Crippen molar-refractivity contribution in [2.45, 2.75) is 0 Å². The lowest BCUT2D eigenvalue weighted by molar-refractivity contribution is 0.999. The predicted molar refractivity (Wildman–Crippen MR) is 109 cm³/mol. The second kappa shape index (κ2) is 5.81. The summed E-state index contributed by atoms with van der Waals surface area (Å²) < 4.78 is 2.21. The molecule has 3 nitrogen and oxygen atoms in total. The molecule has 124 valence electrons. The van der Waals surface area contributed by atoms with Crippen LogP contribution >= 0.6 is 0 Å². The highest BCUT2D eigenvalue weighted by atomic mass is 14.9. The number of fused-ring (bicyclic) bond motifs is 7. The molecule has 3 aromatic heterocycles. The third-order valence-electron chi connectivity index (χ3n) is 5.05. The number of pyridine rings is 2. The zero-order chi connectivity index (χ0) is 17.5. The summed E-state index contributed by atoms with van der Waals surface area (Å²) in [7, 11) is 2.09. The number of rotatable bonds is 0. The molecule has 0 spiro atoms. The van der Waals surface area contributed by atoms with Gasteiger partial charge in [0.2, 0.25) is 0 Å². The smallest absolute Gasteiger partial charge is 0.0674 e. The molecule has 0 N–H and O–H groups in total. The minimum Gasteiger partial charge on any atom is -0.342 e. The Morgan fingerprint density at radius 2 is 1.08 bits per heavy atom. The molecule has 0 saturated heterocycles. The molecule has 0 bridgehead atoms. The average molecular weight is 335 g/mol. The Morgan fingerprint density at radius 1 is 0.538 bits per heavy atom. The van der Waals surface area contributed by atoms with Gasteiger partial charge in [0.1, 0.15) is 0 Å². The van der Waals surface area contributed by atoms with E-state index in [4.69, 9.17) is 0 Å². The Kier molecular flexibility index (Phi) is 3.32. The number of benzene rings is 2. The van der Waals surface area contributed by atoms with E-state index in [-0.39, 0.29) is 0 Å². The molecule has 0 saturated carbocycles. The van der Waals surface area contributed by atoms with Crippen LogP contribution in [0.4, 0.5) is 0 Å². The Bertz CT molecular complexity index is 1240. The van der Waals surface area contributed by atoms with Gasteiger partial charge < -0.3 is 4.57 Å². The molecule has 0 atom stereocenters. The van der Waals surface area contributed by atoms with Crippen LogP contribution in [0.1, 0.15) is 0 Å². The second-order valence-corrected chi connectivity index (χ2v) is 6.44. The number of hydrogen-bond donors (Lipinski definition) is 0. The molecule has 5 aromatic rings. The summed E-state index contributed by atoms with van der Waals surface area (Å²) in [5, 5.41) is 7.14. The molecule has 0 amide bonds. The zero-order valence-corrected chi connectivity index (χ0v) is 14.4. The fourth-order valence-electron chi connectivity index (χ4n) is 3.80. The monoisotopic (exact) mass is 335 g/mol. The van der Waals surface area contributed by atoms with Crippen LogP contribution in [0.3, 0.4) is 0 Å². The van der Waals surface area contributed by atoms with Crippen LogP contribution in [0.15, 0.2) is 85.5 Å². The van der Waals surface area contributed by atoms with Crippen LogP contribution in [-0.4, -0.2) is 14.5 Å². The van der Waals surface area contributed by atoms with E-state index in [2.05, 4.69) is 82.2 Å². The number of aryl methyl sites for hydroxylation is 1. The predicted octanol–water partition coefficient (Wildman–Crippen LogP) is 5.55. The van der Waals surface area contributed by atoms with Crippen molar-refractivity contribution in [2.24, 2.45) is 7.05 Å². The lowest BCUT2D eigenvalue weighted by atomic mass is 10.0. The molecule has 0 radical (unpaired) electrons. The van der Waals surface area contributed by atoms with Crippen molar-refractivity contribution in [3.8, 4) is 0 Å². The summed E-state index contributed by atoms with van der Waals surface area (Å²) in [6.07, 6.45) is 7.60. The summed E-state index contributed by atoms with van der Waals surface area (Å²) in [5.41, 5.74) is 2.20. The normalized spacial score (nSPS) is 11.3. The van der Waals surface area contributed by atoms with Gasteiger partial charge in [-0.1, -0.05) is 48.5 Å². The van der Waals surface area contributed by atoms with Crippen LogP contribution in [-0.2, 0) is 7.05 Å². The highest BCUT2D eigenvalue weighted by Gasteiger charge is 2.06. The van der Waals surface area contributed by atoms with Gasteiger partial charge >= 0.3 is 0 Å². The molecule has 5 rings (SSSR count). The highest BCUT2D eigenvalue weighted by molar-refractivity contribution is 6.18. The van der Waals surface area contributed by atoms with Crippen molar-refractivity contribution in [3.05, 3.63) is 85.5 Å². The summed E-state index contributed by atoms with van der Waals surface area (Å²) in [6.45, 7) is 0. The van der Waals surface area contributed by atoms with E-state index in [0.29, 0.717) is 0 Å². The lowest BCUT2D eigenvalue weighted by Gasteiger charge is -2.06. The topological polar surface area (TPSA) is 30.7 Å². The SMILES string of the molecule is Cn1c2ccncc2c2ccccc2c2ccccc2c2ccncc21. The van der Waals surface area contributed by atoms with Crippen LogP contribution < -0.4 is 0 Å². The first kappa shape index (κ1) is 14.8. The first-order valence-electron chi connectivity index (χ1n) is 8.65. The first-order valence-corrected chi connectivity index (χ1v) is 8.65. The van der Waals surface area contributed by atoms with Gasteiger partial charge in [0.25, 0.3) is 0 Å². The fraction of sp³-hybridized carbons (Fsp3) is 0.0435. The summed E-state index contributed by atoms with van der Waals surface area (Å²) in [5.74, 6) is 0. The van der Waals surface area contributed by atoms with Crippen molar-refractivity contribution in [3.63, 3.8) is 0 Å². The average Bonchev–Trinajstić information content (AvgIpc) is 2.76. The Morgan fingerprint density at radius 3 is 1.77 bits per heavy atom. The standard InChI is InChI=1S/C23H17N3/c1-26-22-11-13-24-14-21(22)19-9-5-3-7-17(19)16-6-2-4-8-18(16)20-10-12-25-15-23(20)26/h2-15H,1H3. The molecule has 0 fully saturated rings. The Hall–Kier alpha value is -3.46. The molecule has 26 heavy (non-hydrogen) atoms. The Balaban J connectivity index is 2.31. The van der Waals surface area contributed by atoms with E-state index in [9.17, 15) is 0 Å². The van der Waals surface area contributed by atoms with Crippen molar-refractivity contribution >= 4 is 43.4 Å². The van der Waals surface area contributed by atoms with Crippen LogP contribution in [0, 0.1) is 0 Å². The molecular formula is C23H17N3. The van der Waals surface area contributed by atoms with E-state index >= 15 is 0 Å². The fourth-order valence-corrected chi connectivity index (χ4v) is 3.80. The highest BCUT2D eigenvalue weighted by Crippen LogP contribution is 2.31. The maximum atomic E-state index is 4.40. The second-order valence-electron chi connectivity index (χ2n) is 6.44. The van der Waals surface area contributed by atoms with Gasteiger partial charge in [0.15, 0.2) is 0 Å².